The number of hydrogen-bond donors (Lipinski definition) is 0. The van der Waals surface area contributed by atoms with E-state index >= 15 is 0 Å². The van der Waals surface area contributed by atoms with Gasteiger partial charge in [-0.15, -0.1) is 0 Å². The van der Waals surface area contributed by atoms with Crippen LogP contribution in [-0.2, 0) is 6.54 Å². The van der Waals surface area contributed by atoms with Crippen LogP contribution in [0.4, 0.5) is 5.95 Å². The summed E-state index contributed by atoms with van der Waals surface area (Å²) in [5.41, 5.74) is 2.74. The monoisotopic (exact) mass is 319 g/mol. The van der Waals surface area contributed by atoms with E-state index in [9.17, 15) is 4.79 Å². The number of nitrogens with zero attached hydrogens (tertiary/aromatic N) is 3. The smallest absolute Gasteiger partial charge is 0.206 e. The Morgan fingerprint density at radius 3 is 2.42 bits per heavy atom. The Hall–Kier alpha value is -2.62. The average molecular weight is 319 g/mol. The van der Waals surface area contributed by atoms with Crippen molar-refractivity contribution < 1.29 is 4.79 Å². The standard InChI is InChI=1S/C20H21N3O/c24-19(16-9-3-1-4-10-16)15-23-18-12-6-5-11-17(18)21-20(23)22-13-7-2-8-14-22/h1,3-6,9-12H,2,7-8,13-15H2. The fourth-order valence-electron chi connectivity index (χ4n) is 3.41. The summed E-state index contributed by atoms with van der Waals surface area (Å²) in [4.78, 5) is 19.9. The summed E-state index contributed by atoms with van der Waals surface area (Å²) in [6, 6.07) is 17.6. The molecular formula is C20H21N3O. The number of piperidine rings is 1. The number of carbonyl (C=O) groups is 1. The summed E-state index contributed by atoms with van der Waals surface area (Å²) in [6.07, 6.45) is 3.66. The first-order valence-electron chi connectivity index (χ1n) is 8.61. The SMILES string of the molecule is O=C(Cn1c(N2CCCCC2)nc2ccccc21)c1ccccc1. The predicted molar refractivity (Wildman–Crippen MR) is 96.6 cm³/mol. The quantitative estimate of drug-likeness (QED) is 0.684. The Labute approximate surface area is 141 Å². The van der Waals surface area contributed by atoms with Crippen LogP contribution in [0.5, 0.6) is 0 Å². The van der Waals surface area contributed by atoms with Gasteiger partial charge in [-0.1, -0.05) is 42.5 Å². The van der Waals surface area contributed by atoms with Gasteiger partial charge in [0.1, 0.15) is 0 Å². The molecule has 2 heterocycles. The van der Waals surface area contributed by atoms with E-state index in [1.165, 1.54) is 19.3 Å². The second-order valence-corrected chi connectivity index (χ2v) is 6.32. The van der Waals surface area contributed by atoms with Crippen LogP contribution in [0.1, 0.15) is 29.6 Å². The minimum absolute atomic E-state index is 0.122. The number of benzene rings is 2. The highest BCUT2D eigenvalue weighted by molar-refractivity contribution is 5.97. The summed E-state index contributed by atoms with van der Waals surface area (Å²) in [6.45, 7) is 2.36. The zero-order valence-electron chi connectivity index (χ0n) is 13.7. The van der Waals surface area contributed by atoms with Crippen molar-refractivity contribution in [2.45, 2.75) is 25.8 Å². The molecule has 0 amide bonds. The molecule has 1 aliphatic rings. The fraction of sp³-hybridized carbons (Fsp3) is 0.300. The largest absolute Gasteiger partial charge is 0.342 e. The van der Waals surface area contributed by atoms with Gasteiger partial charge in [0.2, 0.25) is 5.95 Å². The van der Waals surface area contributed by atoms with Gasteiger partial charge >= 0.3 is 0 Å². The molecule has 1 aliphatic heterocycles. The second-order valence-electron chi connectivity index (χ2n) is 6.32. The molecule has 0 aliphatic carbocycles. The summed E-state index contributed by atoms with van der Waals surface area (Å²) in [5.74, 6) is 1.05. The van der Waals surface area contributed by atoms with E-state index in [2.05, 4.69) is 9.47 Å². The lowest BCUT2D eigenvalue weighted by Crippen LogP contribution is -2.32. The fourth-order valence-corrected chi connectivity index (χ4v) is 3.41. The summed E-state index contributed by atoms with van der Waals surface area (Å²) >= 11 is 0. The number of aromatic nitrogens is 2. The zero-order chi connectivity index (χ0) is 16.4. The van der Waals surface area contributed by atoms with Crippen LogP contribution in [0.2, 0.25) is 0 Å². The highest BCUT2D eigenvalue weighted by Gasteiger charge is 2.20. The van der Waals surface area contributed by atoms with E-state index in [0.29, 0.717) is 6.54 Å². The van der Waals surface area contributed by atoms with Crippen molar-refractivity contribution in [2.24, 2.45) is 0 Å². The van der Waals surface area contributed by atoms with Crippen molar-refractivity contribution in [3.63, 3.8) is 0 Å². The van der Waals surface area contributed by atoms with Crippen molar-refractivity contribution in [3.05, 3.63) is 60.2 Å². The third kappa shape index (κ3) is 2.80. The molecule has 1 aromatic heterocycles. The summed E-state index contributed by atoms with van der Waals surface area (Å²) in [7, 11) is 0. The number of rotatable bonds is 4. The Morgan fingerprint density at radius 1 is 0.917 bits per heavy atom. The molecule has 24 heavy (non-hydrogen) atoms. The van der Waals surface area contributed by atoms with Gasteiger partial charge in [-0.3, -0.25) is 4.79 Å². The molecule has 3 aromatic rings. The Morgan fingerprint density at radius 2 is 1.62 bits per heavy atom. The first kappa shape index (κ1) is 14.9. The number of anilines is 1. The molecular weight excluding hydrogens is 298 g/mol. The van der Waals surface area contributed by atoms with Crippen molar-refractivity contribution in [1.29, 1.82) is 0 Å². The van der Waals surface area contributed by atoms with Gasteiger partial charge in [-0.25, -0.2) is 4.98 Å². The molecule has 0 atom stereocenters. The van der Waals surface area contributed by atoms with Crippen LogP contribution in [0, 0.1) is 0 Å². The van der Waals surface area contributed by atoms with E-state index in [0.717, 1.165) is 35.6 Å². The maximum absolute atomic E-state index is 12.7. The number of imidazole rings is 1. The van der Waals surface area contributed by atoms with Crippen LogP contribution >= 0.6 is 0 Å². The average Bonchev–Trinajstić information content (AvgIpc) is 3.02. The predicted octanol–water partition coefficient (Wildman–Crippen LogP) is 3.91. The lowest BCUT2D eigenvalue weighted by molar-refractivity contribution is 0.0973. The molecule has 0 bridgehead atoms. The molecule has 122 valence electrons. The molecule has 0 saturated carbocycles. The molecule has 2 aromatic carbocycles. The molecule has 1 fully saturated rings. The number of carbonyl (C=O) groups excluding carboxylic acids is 1. The van der Waals surface area contributed by atoms with Crippen molar-refractivity contribution >= 4 is 22.8 Å². The van der Waals surface area contributed by atoms with Crippen LogP contribution in [0.15, 0.2) is 54.6 Å². The van der Waals surface area contributed by atoms with E-state index in [1.54, 1.807) is 0 Å². The highest BCUT2D eigenvalue weighted by atomic mass is 16.1. The third-order valence-corrected chi connectivity index (χ3v) is 4.67. The van der Waals surface area contributed by atoms with Gasteiger partial charge in [0.05, 0.1) is 17.6 Å². The van der Waals surface area contributed by atoms with Gasteiger partial charge in [0.25, 0.3) is 0 Å². The molecule has 0 radical (unpaired) electrons. The lowest BCUT2D eigenvalue weighted by atomic mass is 10.1. The molecule has 4 heteroatoms. The van der Waals surface area contributed by atoms with Crippen LogP contribution in [-0.4, -0.2) is 28.4 Å². The maximum atomic E-state index is 12.7. The summed E-state index contributed by atoms with van der Waals surface area (Å²) in [5, 5.41) is 0. The lowest BCUT2D eigenvalue weighted by Gasteiger charge is -2.28. The van der Waals surface area contributed by atoms with E-state index in [4.69, 9.17) is 4.98 Å². The second kappa shape index (κ2) is 6.48. The van der Waals surface area contributed by atoms with Crippen molar-refractivity contribution in [3.8, 4) is 0 Å². The first-order valence-corrected chi connectivity index (χ1v) is 8.61. The Bertz CT molecular complexity index is 848. The molecule has 0 N–H and O–H groups in total. The number of hydrogen-bond acceptors (Lipinski definition) is 3. The third-order valence-electron chi connectivity index (χ3n) is 4.67. The molecule has 4 nitrogen and oxygen atoms in total. The number of para-hydroxylation sites is 2. The van der Waals surface area contributed by atoms with Crippen LogP contribution in [0.3, 0.4) is 0 Å². The van der Waals surface area contributed by atoms with Gasteiger partial charge < -0.3 is 9.47 Å². The summed E-state index contributed by atoms with van der Waals surface area (Å²) < 4.78 is 2.08. The minimum Gasteiger partial charge on any atom is -0.342 e. The molecule has 0 spiro atoms. The van der Waals surface area contributed by atoms with Gasteiger partial charge in [-0.05, 0) is 31.4 Å². The molecule has 4 rings (SSSR count). The number of ketones is 1. The Kier molecular flexibility index (Phi) is 4.03. The zero-order valence-corrected chi connectivity index (χ0v) is 13.7. The van der Waals surface area contributed by atoms with Crippen molar-refractivity contribution in [1.82, 2.24) is 9.55 Å². The minimum atomic E-state index is 0.122. The number of Topliss-reactive ketones (excluding diaryl/α,β-unsaturated/α-hetero) is 1. The topological polar surface area (TPSA) is 38.1 Å². The highest BCUT2D eigenvalue weighted by Crippen LogP contribution is 2.25. The molecule has 1 saturated heterocycles. The van der Waals surface area contributed by atoms with E-state index in [-0.39, 0.29) is 5.78 Å². The van der Waals surface area contributed by atoms with E-state index < -0.39 is 0 Å². The van der Waals surface area contributed by atoms with Gasteiger partial charge in [0, 0.05) is 18.7 Å². The van der Waals surface area contributed by atoms with Crippen LogP contribution < -0.4 is 4.90 Å². The maximum Gasteiger partial charge on any atom is 0.206 e. The number of fused-ring (bicyclic) bond motifs is 1. The first-order chi connectivity index (χ1) is 11.8. The van der Waals surface area contributed by atoms with Gasteiger partial charge in [-0.2, -0.15) is 0 Å². The molecule has 0 unspecified atom stereocenters. The van der Waals surface area contributed by atoms with Crippen LogP contribution in [0.25, 0.3) is 11.0 Å². The van der Waals surface area contributed by atoms with E-state index in [1.807, 2.05) is 54.6 Å². The van der Waals surface area contributed by atoms with Crippen molar-refractivity contribution in [2.75, 3.05) is 18.0 Å². The Balaban J connectivity index is 1.73. The van der Waals surface area contributed by atoms with Gasteiger partial charge in [0.15, 0.2) is 5.78 Å². The normalized spacial score (nSPS) is 14.9.